The predicted octanol–water partition coefficient (Wildman–Crippen LogP) is 1.88. The Labute approximate surface area is 144 Å². The Hall–Kier alpha value is -1.24. The van der Waals surface area contributed by atoms with Crippen LogP contribution in [0.5, 0.6) is 0 Å². The second-order valence-corrected chi connectivity index (χ2v) is 8.91. The Morgan fingerprint density at radius 1 is 1.08 bits per heavy atom. The summed E-state index contributed by atoms with van der Waals surface area (Å²) in [4.78, 5) is 15.7. The van der Waals surface area contributed by atoms with Gasteiger partial charge in [0.25, 0.3) is 0 Å². The molecule has 0 spiro atoms. The van der Waals surface area contributed by atoms with E-state index in [-0.39, 0.29) is 16.7 Å². The zero-order chi connectivity index (χ0) is 17.2. The zero-order valence-corrected chi connectivity index (χ0v) is 15.0. The molecule has 2 aliphatic heterocycles. The van der Waals surface area contributed by atoms with Crippen LogP contribution in [0.3, 0.4) is 0 Å². The van der Waals surface area contributed by atoms with Crippen molar-refractivity contribution in [2.24, 2.45) is 0 Å². The van der Waals surface area contributed by atoms with Gasteiger partial charge in [0.15, 0.2) is 15.6 Å². The summed E-state index contributed by atoms with van der Waals surface area (Å²) in [7, 11) is -3.23. The smallest absolute Gasteiger partial charge is 0.179 e. The Morgan fingerprint density at radius 2 is 1.75 bits per heavy atom. The Balaban J connectivity index is 1.78. The van der Waals surface area contributed by atoms with E-state index in [4.69, 9.17) is 0 Å². The van der Waals surface area contributed by atoms with Crippen LogP contribution >= 0.6 is 0 Å². The maximum absolute atomic E-state index is 13.0. The quantitative estimate of drug-likeness (QED) is 0.840. The topological polar surface area (TPSA) is 66.5 Å². The van der Waals surface area contributed by atoms with E-state index < -0.39 is 9.84 Å². The normalized spacial score (nSPS) is 24.0. The van der Waals surface area contributed by atoms with Crippen molar-refractivity contribution in [2.75, 3.05) is 25.9 Å². The molecule has 2 fully saturated rings. The van der Waals surface area contributed by atoms with Gasteiger partial charge in [-0.05, 0) is 57.5 Å². The number of hydrogen-bond donors (Lipinski definition) is 1. The SMILES string of the molecule is CS(=O)(=O)c1ccc(C(=O)C2CCCCN2C2CCNCC2)cc1. The molecule has 0 saturated carbocycles. The van der Waals surface area contributed by atoms with E-state index in [1.54, 1.807) is 24.3 Å². The number of rotatable bonds is 4. The molecule has 132 valence electrons. The van der Waals surface area contributed by atoms with Crippen LogP contribution in [0, 0.1) is 0 Å². The van der Waals surface area contributed by atoms with Crippen LogP contribution in [0.1, 0.15) is 42.5 Å². The summed E-state index contributed by atoms with van der Waals surface area (Å²) < 4.78 is 23.2. The molecule has 0 aromatic heterocycles. The van der Waals surface area contributed by atoms with Crippen molar-refractivity contribution < 1.29 is 13.2 Å². The number of carbonyl (C=O) groups excluding carboxylic acids is 1. The standard InChI is InChI=1S/C18H26N2O3S/c1-24(22,23)16-7-5-14(6-8-16)18(21)17-4-2-3-13-20(17)15-9-11-19-12-10-15/h5-8,15,17,19H,2-4,9-13H2,1H3. The van der Waals surface area contributed by atoms with Gasteiger partial charge in [-0.2, -0.15) is 0 Å². The average molecular weight is 350 g/mol. The molecule has 24 heavy (non-hydrogen) atoms. The van der Waals surface area contributed by atoms with E-state index in [0.29, 0.717) is 11.6 Å². The van der Waals surface area contributed by atoms with Gasteiger partial charge in [-0.3, -0.25) is 9.69 Å². The second-order valence-electron chi connectivity index (χ2n) is 6.89. The van der Waals surface area contributed by atoms with Crippen molar-refractivity contribution in [2.45, 2.75) is 49.1 Å². The van der Waals surface area contributed by atoms with Crippen molar-refractivity contribution in [3.8, 4) is 0 Å². The van der Waals surface area contributed by atoms with Crippen molar-refractivity contribution >= 4 is 15.6 Å². The Bertz CT molecular complexity index is 679. The molecule has 1 atom stereocenters. The van der Waals surface area contributed by atoms with Gasteiger partial charge in [-0.15, -0.1) is 0 Å². The first kappa shape index (κ1) is 17.6. The number of sulfone groups is 1. The van der Waals surface area contributed by atoms with E-state index in [1.165, 1.54) is 6.26 Å². The lowest BCUT2D eigenvalue weighted by atomic mass is 9.91. The number of nitrogens with zero attached hydrogens (tertiary/aromatic N) is 1. The lowest BCUT2D eigenvalue weighted by molar-refractivity contribution is 0.0549. The first-order valence-electron chi connectivity index (χ1n) is 8.77. The number of likely N-dealkylation sites (tertiary alicyclic amines) is 1. The van der Waals surface area contributed by atoms with E-state index in [0.717, 1.165) is 51.7 Å². The maximum atomic E-state index is 13.0. The van der Waals surface area contributed by atoms with E-state index in [9.17, 15) is 13.2 Å². The molecule has 1 aromatic carbocycles. The molecule has 2 saturated heterocycles. The van der Waals surface area contributed by atoms with Gasteiger partial charge in [0.05, 0.1) is 10.9 Å². The minimum atomic E-state index is -3.23. The molecule has 5 nitrogen and oxygen atoms in total. The van der Waals surface area contributed by atoms with Crippen molar-refractivity contribution in [1.82, 2.24) is 10.2 Å². The number of carbonyl (C=O) groups is 1. The van der Waals surface area contributed by atoms with Gasteiger partial charge in [0.2, 0.25) is 0 Å². The molecule has 0 bridgehead atoms. The van der Waals surface area contributed by atoms with E-state index in [2.05, 4.69) is 10.2 Å². The lowest BCUT2D eigenvalue weighted by Gasteiger charge is -2.42. The van der Waals surface area contributed by atoms with Gasteiger partial charge in [0.1, 0.15) is 0 Å². The fourth-order valence-corrected chi connectivity index (χ4v) is 4.50. The highest BCUT2D eigenvalue weighted by molar-refractivity contribution is 7.90. The summed E-state index contributed by atoms with van der Waals surface area (Å²) in [6, 6.07) is 6.82. The van der Waals surface area contributed by atoms with Gasteiger partial charge in [0, 0.05) is 17.9 Å². The van der Waals surface area contributed by atoms with Crippen LogP contribution in [-0.2, 0) is 9.84 Å². The molecular weight excluding hydrogens is 324 g/mol. The predicted molar refractivity (Wildman–Crippen MR) is 94.1 cm³/mol. The lowest BCUT2D eigenvalue weighted by Crippen LogP contribution is -2.53. The first-order valence-corrected chi connectivity index (χ1v) is 10.7. The molecule has 1 aromatic rings. The van der Waals surface area contributed by atoms with Crippen LogP contribution < -0.4 is 5.32 Å². The summed E-state index contributed by atoms with van der Waals surface area (Å²) in [5.41, 5.74) is 0.619. The third-order valence-corrected chi connectivity index (χ3v) is 6.32. The van der Waals surface area contributed by atoms with E-state index in [1.807, 2.05) is 0 Å². The minimum Gasteiger partial charge on any atom is -0.317 e. The molecule has 0 amide bonds. The zero-order valence-electron chi connectivity index (χ0n) is 14.2. The third-order valence-electron chi connectivity index (χ3n) is 5.19. The number of ketones is 1. The van der Waals surface area contributed by atoms with Crippen molar-refractivity contribution in [1.29, 1.82) is 0 Å². The third kappa shape index (κ3) is 3.87. The second kappa shape index (κ2) is 7.33. The summed E-state index contributed by atoms with van der Waals surface area (Å²) in [5, 5.41) is 3.38. The van der Waals surface area contributed by atoms with Crippen LogP contribution in [0.4, 0.5) is 0 Å². The fraction of sp³-hybridized carbons (Fsp3) is 0.611. The largest absolute Gasteiger partial charge is 0.317 e. The first-order chi connectivity index (χ1) is 11.5. The number of nitrogens with one attached hydrogen (secondary N) is 1. The molecule has 0 aliphatic carbocycles. The van der Waals surface area contributed by atoms with Crippen LogP contribution in [0.25, 0.3) is 0 Å². The van der Waals surface area contributed by atoms with Crippen LogP contribution in [0.15, 0.2) is 29.2 Å². The molecular formula is C18H26N2O3S. The fourth-order valence-electron chi connectivity index (χ4n) is 3.87. The van der Waals surface area contributed by atoms with Crippen molar-refractivity contribution in [3.05, 3.63) is 29.8 Å². The molecule has 0 radical (unpaired) electrons. The van der Waals surface area contributed by atoms with Crippen molar-refractivity contribution in [3.63, 3.8) is 0 Å². The molecule has 1 unspecified atom stereocenters. The highest BCUT2D eigenvalue weighted by Crippen LogP contribution is 2.26. The average Bonchev–Trinajstić information content (AvgIpc) is 2.61. The highest BCUT2D eigenvalue weighted by atomic mass is 32.2. The highest BCUT2D eigenvalue weighted by Gasteiger charge is 2.34. The molecule has 6 heteroatoms. The molecule has 2 aliphatic rings. The summed E-state index contributed by atoms with van der Waals surface area (Å²) in [5.74, 6) is 0.133. The van der Waals surface area contributed by atoms with Crippen LogP contribution in [-0.4, -0.2) is 57.1 Å². The Kier molecular flexibility index (Phi) is 5.37. The van der Waals surface area contributed by atoms with Gasteiger partial charge < -0.3 is 5.32 Å². The van der Waals surface area contributed by atoms with Gasteiger partial charge in [-0.1, -0.05) is 18.6 Å². The van der Waals surface area contributed by atoms with Crippen LogP contribution in [0.2, 0.25) is 0 Å². The molecule has 3 rings (SSSR count). The molecule has 1 N–H and O–H groups in total. The van der Waals surface area contributed by atoms with Gasteiger partial charge in [-0.25, -0.2) is 8.42 Å². The maximum Gasteiger partial charge on any atom is 0.179 e. The number of benzene rings is 1. The summed E-state index contributed by atoms with van der Waals surface area (Å²) >= 11 is 0. The Morgan fingerprint density at radius 3 is 2.38 bits per heavy atom. The van der Waals surface area contributed by atoms with Gasteiger partial charge >= 0.3 is 0 Å². The summed E-state index contributed by atoms with van der Waals surface area (Å²) in [6.45, 7) is 3.03. The van der Waals surface area contributed by atoms with E-state index >= 15 is 0 Å². The number of Topliss-reactive ketones (excluding diaryl/α,β-unsaturated/α-hetero) is 1. The number of hydrogen-bond acceptors (Lipinski definition) is 5. The summed E-state index contributed by atoms with van der Waals surface area (Å²) in [6.07, 6.45) is 6.51. The molecule has 2 heterocycles. The monoisotopic (exact) mass is 350 g/mol. The number of piperidine rings is 2. The minimum absolute atomic E-state index is 0.0640.